The third-order valence-electron chi connectivity index (χ3n) is 2.43. The van der Waals surface area contributed by atoms with Gasteiger partial charge < -0.3 is 15.7 Å². The molecule has 0 aliphatic heterocycles. The number of phenolic OH excluding ortho intramolecular Hbond substituents is 1. The average molecular weight is 268 g/mol. The lowest BCUT2D eigenvalue weighted by atomic mass is 10.1. The van der Waals surface area contributed by atoms with Crippen LogP contribution < -0.4 is 10.6 Å². The number of halogens is 1. The quantitative estimate of drug-likeness (QED) is 0.725. The molecule has 0 radical (unpaired) electrons. The van der Waals surface area contributed by atoms with E-state index in [1.165, 1.54) is 12.1 Å². The van der Waals surface area contributed by atoms with E-state index >= 15 is 0 Å². The number of carbonyl (C=O) groups excluding carboxylic acids is 2. The molecule has 0 aliphatic carbocycles. The molecule has 3 N–H and O–H groups in total. The first-order valence-electron chi connectivity index (χ1n) is 6.08. The lowest BCUT2D eigenvalue weighted by Crippen LogP contribution is -2.31. The van der Waals surface area contributed by atoms with Crippen molar-refractivity contribution in [3.63, 3.8) is 0 Å². The van der Waals surface area contributed by atoms with Crippen molar-refractivity contribution in [2.45, 2.75) is 19.8 Å². The average Bonchev–Trinajstić information content (AvgIpc) is 2.36. The zero-order valence-corrected chi connectivity index (χ0v) is 10.7. The van der Waals surface area contributed by atoms with Gasteiger partial charge in [-0.3, -0.25) is 9.59 Å². The van der Waals surface area contributed by atoms with Gasteiger partial charge in [-0.2, -0.15) is 0 Å². The molecule has 19 heavy (non-hydrogen) atoms. The Morgan fingerprint density at radius 2 is 2.00 bits per heavy atom. The second kappa shape index (κ2) is 7.35. The Morgan fingerprint density at radius 3 is 2.63 bits per heavy atom. The number of amides is 2. The molecule has 0 heterocycles. The van der Waals surface area contributed by atoms with Crippen molar-refractivity contribution in [1.82, 2.24) is 10.6 Å². The van der Waals surface area contributed by atoms with Crippen LogP contribution in [0.2, 0.25) is 0 Å². The van der Waals surface area contributed by atoms with Crippen LogP contribution in [0.1, 0.15) is 30.1 Å². The molecule has 0 aliphatic rings. The zero-order chi connectivity index (χ0) is 14.3. The predicted molar refractivity (Wildman–Crippen MR) is 68.3 cm³/mol. The first kappa shape index (κ1) is 14.9. The summed E-state index contributed by atoms with van der Waals surface area (Å²) < 4.78 is 13.4. The van der Waals surface area contributed by atoms with Crippen LogP contribution in [-0.4, -0.2) is 30.0 Å². The Labute approximate surface area is 110 Å². The van der Waals surface area contributed by atoms with E-state index < -0.39 is 23.0 Å². The summed E-state index contributed by atoms with van der Waals surface area (Å²) in [6, 6.07) is 3.62. The van der Waals surface area contributed by atoms with Crippen LogP contribution in [0.15, 0.2) is 18.2 Å². The molecule has 1 aromatic rings. The van der Waals surface area contributed by atoms with Crippen molar-refractivity contribution in [2.24, 2.45) is 0 Å². The van der Waals surface area contributed by atoms with E-state index in [2.05, 4.69) is 10.6 Å². The lowest BCUT2D eigenvalue weighted by molar-refractivity contribution is -0.120. The van der Waals surface area contributed by atoms with Crippen LogP contribution in [-0.2, 0) is 4.79 Å². The molecule has 0 fully saturated rings. The summed E-state index contributed by atoms with van der Waals surface area (Å²) in [6.45, 7) is 2.60. The minimum absolute atomic E-state index is 0.0855. The smallest absolute Gasteiger partial charge is 0.258 e. The summed E-state index contributed by atoms with van der Waals surface area (Å²) in [4.78, 5) is 22.9. The highest BCUT2D eigenvalue weighted by Crippen LogP contribution is 2.19. The van der Waals surface area contributed by atoms with Gasteiger partial charge in [0.1, 0.15) is 17.1 Å². The second-order valence-electron chi connectivity index (χ2n) is 3.99. The van der Waals surface area contributed by atoms with Crippen LogP contribution in [0, 0.1) is 5.82 Å². The van der Waals surface area contributed by atoms with Crippen LogP contribution in [0.4, 0.5) is 4.39 Å². The molecule has 0 spiro atoms. The summed E-state index contributed by atoms with van der Waals surface area (Å²) in [5.41, 5.74) is -0.406. The molecular weight excluding hydrogens is 251 g/mol. The molecule has 6 heteroatoms. The molecule has 0 atom stereocenters. The van der Waals surface area contributed by atoms with E-state index in [0.29, 0.717) is 6.54 Å². The number of hydrogen-bond donors (Lipinski definition) is 3. The van der Waals surface area contributed by atoms with Gasteiger partial charge in [0.25, 0.3) is 5.91 Å². The van der Waals surface area contributed by atoms with Gasteiger partial charge in [0.15, 0.2) is 0 Å². The highest BCUT2D eigenvalue weighted by Gasteiger charge is 2.16. The summed E-state index contributed by atoms with van der Waals surface area (Å²) in [6.07, 6.45) is 0.947. The van der Waals surface area contributed by atoms with E-state index in [-0.39, 0.29) is 18.9 Å². The maximum Gasteiger partial charge on any atom is 0.258 e. The van der Waals surface area contributed by atoms with Crippen molar-refractivity contribution in [3.8, 4) is 5.75 Å². The Morgan fingerprint density at radius 1 is 1.26 bits per heavy atom. The van der Waals surface area contributed by atoms with Crippen molar-refractivity contribution < 1.29 is 19.1 Å². The van der Waals surface area contributed by atoms with E-state index in [0.717, 1.165) is 12.5 Å². The Kier molecular flexibility index (Phi) is 5.78. The number of nitrogens with one attached hydrogen (secondary N) is 2. The largest absolute Gasteiger partial charge is 0.507 e. The third-order valence-corrected chi connectivity index (χ3v) is 2.43. The topological polar surface area (TPSA) is 78.4 Å². The minimum atomic E-state index is -0.798. The third kappa shape index (κ3) is 4.57. The second-order valence-corrected chi connectivity index (χ2v) is 3.99. The highest BCUT2D eigenvalue weighted by molar-refractivity contribution is 5.97. The van der Waals surface area contributed by atoms with Gasteiger partial charge in [-0.05, 0) is 18.6 Å². The molecule has 0 unspecified atom stereocenters. The van der Waals surface area contributed by atoms with Crippen LogP contribution in [0.5, 0.6) is 5.75 Å². The molecule has 2 amide bonds. The van der Waals surface area contributed by atoms with Gasteiger partial charge in [0.05, 0.1) is 0 Å². The standard InChI is InChI=1S/C13H17FN2O3/c1-2-7-15-11(18)6-8-16-13(19)12-9(14)4-3-5-10(12)17/h3-5,17H,2,6-8H2,1H3,(H,15,18)(H,16,19). The highest BCUT2D eigenvalue weighted by atomic mass is 19.1. The molecule has 0 bridgehead atoms. The van der Waals surface area contributed by atoms with E-state index in [1.807, 2.05) is 6.92 Å². The van der Waals surface area contributed by atoms with Gasteiger partial charge in [-0.1, -0.05) is 13.0 Å². The van der Waals surface area contributed by atoms with E-state index in [4.69, 9.17) is 0 Å². The number of benzene rings is 1. The number of hydrogen-bond acceptors (Lipinski definition) is 3. The Hall–Kier alpha value is -2.11. The SMILES string of the molecule is CCCNC(=O)CCNC(=O)c1c(O)cccc1F. The first-order valence-corrected chi connectivity index (χ1v) is 6.08. The molecule has 5 nitrogen and oxygen atoms in total. The van der Waals surface area contributed by atoms with Gasteiger partial charge in [-0.15, -0.1) is 0 Å². The summed E-state index contributed by atoms with van der Waals surface area (Å²) in [5.74, 6) is -2.14. The molecule has 0 saturated heterocycles. The number of phenols is 1. The maximum atomic E-state index is 13.4. The molecular formula is C13H17FN2O3. The van der Waals surface area contributed by atoms with Gasteiger partial charge in [0.2, 0.25) is 5.91 Å². The van der Waals surface area contributed by atoms with Crippen LogP contribution in [0.3, 0.4) is 0 Å². The Bertz CT molecular complexity index is 443. The monoisotopic (exact) mass is 268 g/mol. The van der Waals surface area contributed by atoms with Gasteiger partial charge >= 0.3 is 0 Å². The summed E-state index contributed by atoms with van der Waals surface area (Å²) in [7, 11) is 0. The number of rotatable bonds is 6. The molecule has 1 rings (SSSR count). The van der Waals surface area contributed by atoms with E-state index in [1.54, 1.807) is 0 Å². The zero-order valence-electron chi connectivity index (χ0n) is 10.7. The van der Waals surface area contributed by atoms with Crippen molar-refractivity contribution >= 4 is 11.8 Å². The lowest BCUT2D eigenvalue weighted by Gasteiger charge is -2.07. The number of carbonyl (C=O) groups is 2. The summed E-state index contributed by atoms with van der Waals surface area (Å²) >= 11 is 0. The molecule has 0 aromatic heterocycles. The van der Waals surface area contributed by atoms with Crippen LogP contribution in [0.25, 0.3) is 0 Å². The van der Waals surface area contributed by atoms with Crippen molar-refractivity contribution in [2.75, 3.05) is 13.1 Å². The number of aromatic hydroxyl groups is 1. The fourth-order valence-corrected chi connectivity index (χ4v) is 1.47. The minimum Gasteiger partial charge on any atom is -0.507 e. The fourth-order valence-electron chi connectivity index (χ4n) is 1.47. The first-order chi connectivity index (χ1) is 9.06. The van der Waals surface area contributed by atoms with Crippen molar-refractivity contribution in [1.29, 1.82) is 0 Å². The fraction of sp³-hybridized carbons (Fsp3) is 0.385. The Balaban J connectivity index is 2.46. The maximum absolute atomic E-state index is 13.4. The van der Waals surface area contributed by atoms with Gasteiger partial charge in [-0.25, -0.2) is 4.39 Å². The molecule has 0 saturated carbocycles. The molecule has 104 valence electrons. The predicted octanol–water partition coefficient (Wildman–Crippen LogP) is 1.18. The van der Waals surface area contributed by atoms with Gasteiger partial charge in [0, 0.05) is 19.5 Å². The summed E-state index contributed by atoms with van der Waals surface area (Å²) in [5, 5.41) is 14.4. The molecule has 1 aromatic carbocycles. The van der Waals surface area contributed by atoms with Crippen molar-refractivity contribution in [3.05, 3.63) is 29.6 Å². The van der Waals surface area contributed by atoms with E-state index in [9.17, 15) is 19.1 Å². The normalized spacial score (nSPS) is 10.0. The van der Waals surface area contributed by atoms with Crippen LogP contribution >= 0.6 is 0 Å².